The van der Waals surface area contributed by atoms with E-state index >= 15 is 0 Å². The van der Waals surface area contributed by atoms with Crippen molar-refractivity contribution in [2.24, 2.45) is 0 Å². The topological polar surface area (TPSA) is 0 Å². The Bertz CT molecular complexity index is 548. The second-order valence-corrected chi connectivity index (χ2v) is 4.72. The zero-order valence-electron chi connectivity index (χ0n) is 11.2. The van der Waals surface area contributed by atoms with E-state index in [0.29, 0.717) is 17.5 Å². The van der Waals surface area contributed by atoms with Crippen LogP contribution >= 0.6 is 0 Å². The molecular weight excluding hydrogens is 306 g/mol. The van der Waals surface area contributed by atoms with Crippen LogP contribution in [0.1, 0.15) is 22.3 Å². The summed E-state index contributed by atoms with van der Waals surface area (Å²) in [5, 5.41) is 0. The number of rotatable bonds is 3. The maximum atomic E-state index is 12.4. The molecule has 0 heterocycles. The molecule has 0 N–H and O–H groups in total. The molecule has 0 bridgehead atoms. The van der Waals surface area contributed by atoms with Crippen LogP contribution in [-0.4, -0.2) is 0 Å². The highest BCUT2D eigenvalue weighted by molar-refractivity contribution is 5.32. The fourth-order valence-electron chi connectivity index (χ4n) is 1.87. The van der Waals surface area contributed by atoms with Crippen LogP contribution in [-0.2, 0) is 18.8 Å². The molecule has 2 rings (SSSR count). The summed E-state index contributed by atoms with van der Waals surface area (Å²) in [6.07, 6.45) is -6.77. The van der Waals surface area contributed by atoms with Gasteiger partial charge < -0.3 is 0 Å². The molecule has 6 heteroatoms. The van der Waals surface area contributed by atoms with E-state index < -0.39 is 23.5 Å². The van der Waals surface area contributed by atoms with E-state index in [9.17, 15) is 26.3 Å². The SMILES string of the molecule is FC(F)(F)c1ccc([CH]Cc2ccc(C(F)(F)F)cc2)cc1. The van der Waals surface area contributed by atoms with Crippen molar-refractivity contribution in [3.63, 3.8) is 0 Å². The number of alkyl halides is 6. The molecule has 0 aliphatic carbocycles. The molecule has 22 heavy (non-hydrogen) atoms. The van der Waals surface area contributed by atoms with Gasteiger partial charge in [0.2, 0.25) is 0 Å². The second kappa shape index (κ2) is 6.02. The van der Waals surface area contributed by atoms with Crippen molar-refractivity contribution in [2.45, 2.75) is 18.8 Å². The Morgan fingerprint density at radius 2 is 1.05 bits per heavy atom. The summed E-state index contributed by atoms with van der Waals surface area (Å²) < 4.78 is 74.4. The van der Waals surface area contributed by atoms with E-state index in [1.54, 1.807) is 6.42 Å². The largest absolute Gasteiger partial charge is 0.416 e. The van der Waals surface area contributed by atoms with Gasteiger partial charge in [0.25, 0.3) is 0 Å². The summed E-state index contributed by atoms with van der Waals surface area (Å²) in [5.74, 6) is 0. The molecule has 0 spiro atoms. The van der Waals surface area contributed by atoms with Gasteiger partial charge in [0.05, 0.1) is 11.1 Å². The highest BCUT2D eigenvalue weighted by atomic mass is 19.4. The van der Waals surface area contributed by atoms with Crippen molar-refractivity contribution in [3.05, 3.63) is 77.2 Å². The first kappa shape index (κ1) is 16.4. The molecule has 0 unspecified atom stereocenters. The summed E-state index contributed by atoms with van der Waals surface area (Å²) in [6, 6.07) is 9.26. The molecule has 0 fully saturated rings. The molecule has 0 saturated carbocycles. The zero-order valence-corrected chi connectivity index (χ0v) is 11.2. The third-order valence-electron chi connectivity index (χ3n) is 3.09. The summed E-state index contributed by atoms with van der Waals surface area (Å²) in [7, 11) is 0. The first-order valence-corrected chi connectivity index (χ1v) is 6.33. The number of hydrogen-bond donors (Lipinski definition) is 0. The highest BCUT2D eigenvalue weighted by Crippen LogP contribution is 2.30. The van der Waals surface area contributed by atoms with Crippen molar-refractivity contribution in [1.82, 2.24) is 0 Å². The van der Waals surface area contributed by atoms with Crippen molar-refractivity contribution >= 4 is 0 Å². The average molecular weight is 317 g/mol. The third kappa shape index (κ3) is 4.26. The van der Waals surface area contributed by atoms with Crippen molar-refractivity contribution in [2.75, 3.05) is 0 Å². The van der Waals surface area contributed by atoms with Crippen LogP contribution in [0, 0.1) is 6.42 Å². The Balaban J connectivity index is 1.98. The van der Waals surface area contributed by atoms with E-state index in [0.717, 1.165) is 24.3 Å². The first-order chi connectivity index (χ1) is 10.2. The van der Waals surface area contributed by atoms with Crippen molar-refractivity contribution < 1.29 is 26.3 Å². The smallest absolute Gasteiger partial charge is 0.166 e. The fraction of sp³-hybridized carbons (Fsp3) is 0.188. The Kier molecular flexibility index (Phi) is 4.49. The van der Waals surface area contributed by atoms with Gasteiger partial charge in [-0.1, -0.05) is 24.3 Å². The highest BCUT2D eigenvalue weighted by Gasteiger charge is 2.30. The minimum Gasteiger partial charge on any atom is -0.166 e. The molecule has 1 radical (unpaired) electrons. The van der Waals surface area contributed by atoms with Gasteiger partial charge in [0.1, 0.15) is 0 Å². The van der Waals surface area contributed by atoms with Gasteiger partial charge in [-0.05, 0) is 48.2 Å². The quantitative estimate of drug-likeness (QED) is 0.654. The van der Waals surface area contributed by atoms with E-state index in [4.69, 9.17) is 0 Å². The minimum absolute atomic E-state index is 0.337. The molecule has 2 aromatic rings. The molecule has 117 valence electrons. The summed E-state index contributed by atoms with van der Waals surface area (Å²) in [4.78, 5) is 0. The van der Waals surface area contributed by atoms with Crippen LogP contribution < -0.4 is 0 Å². The Labute approximate surface area is 123 Å². The Hall–Kier alpha value is -1.98. The van der Waals surface area contributed by atoms with Crippen LogP contribution in [0.4, 0.5) is 26.3 Å². The summed E-state index contributed by atoms with van der Waals surface area (Å²) >= 11 is 0. The second-order valence-electron chi connectivity index (χ2n) is 4.72. The molecule has 2 aromatic carbocycles. The van der Waals surface area contributed by atoms with E-state index in [1.165, 1.54) is 24.3 Å². The van der Waals surface area contributed by atoms with E-state index in [2.05, 4.69) is 0 Å². The Morgan fingerprint density at radius 1 is 0.636 bits per heavy atom. The first-order valence-electron chi connectivity index (χ1n) is 6.33. The normalized spacial score (nSPS) is 12.5. The predicted molar refractivity (Wildman–Crippen MR) is 70.0 cm³/mol. The molecule has 0 aliphatic heterocycles. The predicted octanol–water partition coefficient (Wildman–Crippen LogP) is 5.52. The zero-order chi connectivity index (χ0) is 16.4. The summed E-state index contributed by atoms with van der Waals surface area (Å²) in [6.45, 7) is 0. The molecule has 0 aromatic heterocycles. The van der Waals surface area contributed by atoms with Crippen LogP contribution in [0.25, 0.3) is 0 Å². The van der Waals surface area contributed by atoms with Crippen LogP contribution in [0.2, 0.25) is 0 Å². The lowest BCUT2D eigenvalue weighted by Crippen LogP contribution is -2.05. The van der Waals surface area contributed by atoms with Gasteiger partial charge in [-0.25, -0.2) is 0 Å². The molecule has 0 atom stereocenters. The lowest BCUT2D eigenvalue weighted by atomic mass is 10.0. The van der Waals surface area contributed by atoms with Gasteiger partial charge >= 0.3 is 12.4 Å². The van der Waals surface area contributed by atoms with E-state index in [1.807, 2.05) is 0 Å². The van der Waals surface area contributed by atoms with Gasteiger partial charge in [-0.2, -0.15) is 26.3 Å². The third-order valence-corrected chi connectivity index (χ3v) is 3.09. The maximum absolute atomic E-state index is 12.4. The Morgan fingerprint density at radius 3 is 1.45 bits per heavy atom. The summed E-state index contributed by atoms with van der Waals surface area (Å²) in [5.41, 5.74) is -0.245. The fourth-order valence-corrected chi connectivity index (χ4v) is 1.87. The molecule has 0 saturated heterocycles. The monoisotopic (exact) mass is 317 g/mol. The maximum Gasteiger partial charge on any atom is 0.416 e. The molecule has 0 amide bonds. The van der Waals surface area contributed by atoms with Crippen molar-refractivity contribution in [3.8, 4) is 0 Å². The average Bonchev–Trinajstić information content (AvgIpc) is 2.44. The molecule has 0 nitrogen and oxygen atoms in total. The number of halogens is 6. The van der Waals surface area contributed by atoms with E-state index in [-0.39, 0.29) is 0 Å². The van der Waals surface area contributed by atoms with Crippen LogP contribution in [0.5, 0.6) is 0 Å². The standard InChI is InChI=1S/C16H11F6/c17-15(18,19)13-7-3-11(4-8-13)1-2-12-5-9-14(10-6-12)16(20,21)22/h1,3-10H,2H2. The van der Waals surface area contributed by atoms with Crippen molar-refractivity contribution in [1.29, 1.82) is 0 Å². The van der Waals surface area contributed by atoms with Crippen LogP contribution in [0.3, 0.4) is 0 Å². The lowest BCUT2D eigenvalue weighted by Gasteiger charge is -2.09. The number of hydrogen-bond acceptors (Lipinski definition) is 0. The lowest BCUT2D eigenvalue weighted by molar-refractivity contribution is -0.138. The van der Waals surface area contributed by atoms with Gasteiger partial charge in [-0.3, -0.25) is 0 Å². The minimum atomic E-state index is -4.38. The molecular formula is C16H11F6. The number of benzene rings is 2. The molecule has 0 aliphatic rings. The van der Waals surface area contributed by atoms with Gasteiger partial charge in [-0.15, -0.1) is 0 Å². The van der Waals surface area contributed by atoms with Gasteiger partial charge in [0, 0.05) is 0 Å². The van der Waals surface area contributed by atoms with Crippen LogP contribution in [0.15, 0.2) is 48.5 Å². The van der Waals surface area contributed by atoms with Gasteiger partial charge in [0.15, 0.2) is 0 Å².